The highest BCUT2D eigenvalue weighted by atomic mass is 32.2. The van der Waals surface area contributed by atoms with Crippen LogP contribution in [0.4, 0.5) is 5.69 Å². The molecule has 0 spiro atoms. The van der Waals surface area contributed by atoms with Crippen LogP contribution in [-0.2, 0) is 14.8 Å². The summed E-state index contributed by atoms with van der Waals surface area (Å²) in [6.45, 7) is 7.12. The van der Waals surface area contributed by atoms with Crippen LogP contribution in [0.5, 0.6) is 0 Å². The zero-order chi connectivity index (χ0) is 20.4. The van der Waals surface area contributed by atoms with Crippen LogP contribution in [0.15, 0.2) is 36.4 Å². The van der Waals surface area contributed by atoms with Gasteiger partial charge in [-0.05, 0) is 63.1 Å². The fourth-order valence-corrected chi connectivity index (χ4v) is 3.49. The first-order valence-corrected chi connectivity index (χ1v) is 10.3. The highest BCUT2D eigenvalue weighted by molar-refractivity contribution is 7.92. The molecule has 1 N–H and O–H groups in total. The number of anilines is 1. The molecule has 0 aliphatic carbocycles. The molecular weight excluding hydrogens is 366 g/mol. The Bertz CT molecular complexity index is 955. The number of ether oxygens (including phenoxy) is 1. The van der Waals surface area contributed by atoms with E-state index in [0.29, 0.717) is 16.8 Å². The Morgan fingerprint density at radius 3 is 2.00 bits per heavy atom. The normalized spacial score (nSPS) is 12.3. The molecule has 1 atom stereocenters. The second-order valence-electron chi connectivity index (χ2n) is 6.64. The minimum absolute atomic E-state index is 0.326. The average Bonchev–Trinajstić information content (AvgIpc) is 2.52. The summed E-state index contributed by atoms with van der Waals surface area (Å²) in [5, 5.41) is 0. The first-order chi connectivity index (χ1) is 12.5. The van der Waals surface area contributed by atoms with Gasteiger partial charge in [-0.15, -0.1) is 0 Å². The zero-order valence-electron chi connectivity index (χ0n) is 16.0. The third-order valence-corrected chi connectivity index (χ3v) is 4.61. The molecule has 0 saturated heterocycles. The Balaban J connectivity index is 2.13. The van der Waals surface area contributed by atoms with Crippen LogP contribution in [0.1, 0.15) is 44.3 Å². The molecule has 0 aliphatic heterocycles. The van der Waals surface area contributed by atoms with Crippen molar-refractivity contribution in [3.8, 4) is 0 Å². The number of nitrogens with one attached hydrogen (secondary N) is 1. The van der Waals surface area contributed by atoms with Crippen molar-refractivity contribution in [1.82, 2.24) is 0 Å². The first-order valence-electron chi connectivity index (χ1n) is 8.39. The van der Waals surface area contributed by atoms with Crippen LogP contribution in [0, 0.1) is 20.8 Å². The van der Waals surface area contributed by atoms with Crippen molar-refractivity contribution < 1.29 is 22.7 Å². The predicted molar refractivity (Wildman–Crippen MR) is 105 cm³/mol. The summed E-state index contributed by atoms with van der Waals surface area (Å²) in [6, 6.07) is 9.73. The Kier molecular flexibility index (Phi) is 6.05. The Labute approximate surface area is 159 Å². The molecule has 2 aromatic carbocycles. The van der Waals surface area contributed by atoms with Gasteiger partial charge in [-0.25, -0.2) is 13.2 Å². The summed E-state index contributed by atoms with van der Waals surface area (Å²) in [5.74, 6) is -0.905. The number of carbonyl (C=O) groups is 2. The molecule has 0 aliphatic rings. The maximum absolute atomic E-state index is 12.5. The number of hydrogen-bond donors (Lipinski definition) is 1. The Hall–Kier alpha value is -2.67. The number of rotatable bonds is 6. The third kappa shape index (κ3) is 5.40. The molecule has 2 aromatic rings. The van der Waals surface area contributed by atoms with Gasteiger partial charge >= 0.3 is 5.97 Å². The molecule has 0 aromatic heterocycles. The monoisotopic (exact) mass is 389 g/mol. The number of Topliss-reactive ketones (excluding diaryl/α,β-unsaturated/α-hetero) is 1. The fourth-order valence-electron chi connectivity index (χ4n) is 2.93. The second-order valence-corrected chi connectivity index (χ2v) is 8.39. The minimum Gasteiger partial charge on any atom is -0.451 e. The lowest BCUT2D eigenvalue weighted by molar-refractivity contribution is 0.0317. The number of sulfonamides is 1. The fraction of sp³-hybridized carbons (Fsp3) is 0.300. The number of aryl methyl sites for hydroxylation is 3. The van der Waals surface area contributed by atoms with E-state index in [2.05, 4.69) is 4.72 Å². The lowest BCUT2D eigenvalue weighted by atomic mass is 10.00. The number of hydrogen-bond acceptors (Lipinski definition) is 5. The summed E-state index contributed by atoms with van der Waals surface area (Å²) in [6.07, 6.45) is 0.0779. The molecule has 0 heterocycles. The van der Waals surface area contributed by atoms with Gasteiger partial charge in [-0.1, -0.05) is 17.7 Å². The van der Waals surface area contributed by atoms with E-state index in [9.17, 15) is 18.0 Å². The van der Waals surface area contributed by atoms with Gasteiger partial charge in [-0.3, -0.25) is 9.52 Å². The maximum Gasteiger partial charge on any atom is 0.339 e. The number of esters is 1. The lowest BCUT2D eigenvalue weighted by Crippen LogP contribution is -2.25. The van der Waals surface area contributed by atoms with E-state index in [1.165, 1.54) is 31.2 Å². The van der Waals surface area contributed by atoms with E-state index < -0.39 is 22.1 Å². The highest BCUT2D eigenvalue weighted by Gasteiger charge is 2.22. The Morgan fingerprint density at radius 1 is 1.00 bits per heavy atom. The first kappa shape index (κ1) is 20.6. The van der Waals surface area contributed by atoms with Gasteiger partial charge in [0.2, 0.25) is 15.8 Å². The Morgan fingerprint density at radius 2 is 1.52 bits per heavy atom. The molecule has 0 saturated carbocycles. The van der Waals surface area contributed by atoms with Crippen LogP contribution >= 0.6 is 0 Å². The number of ketones is 1. The molecule has 6 nitrogen and oxygen atoms in total. The summed E-state index contributed by atoms with van der Waals surface area (Å²) >= 11 is 0. The predicted octanol–water partition coefficient (Wildman–Crippen LogP) is 3.41. The van der Waals surface area contributed by atoms with E-state index in [1.807, 2.05) is 32.9 Å². The molecule has 1 unspecified atom stereocenters. The standard InChI is InChI=1S/C20H23NO5S/c1-12-10-13(2)18(14(3)11-12)20(23)26-15(4)19(22)16-6-8-17(9-7-16)21-27(5,24)25/h6-11,15,21H,1-5H3. The van der Waals surface area contributed by atoms with Gasteiger partial charge in [0.1, 0.15) is 0 Å². The van der Waals surface area contributed by atoms with Gasteiger partial charge in [0, 0.05) is 11.3 Å². The molecule has 0 fully saturated rings. The van der Waals surface area contributed by atoms with Gasteiger partial charge in [0.05, 0.1) is 11.8 Å². The van der Waals surface area contributed by atoms with Crippen LogP contribution in [0.25, 0.3) is 0 Å². The van der Waals surface area contributed by atoms with Crippen molar-refractivity contribution in [3.05, 3.63) is 64.2 Å². The molecule has 0 amide bonds. The van der Waals surface area contributed by atoms with E-state index in [0.717, 1.165) is 22.9 Å². The molecule has 7 heteroatoms. The van der Waals surface area contributed by atoms with Crippen molar-refractivity contribution in [3.63, 3.8) is 0 Å². The van der Waals surface area contributed by atoms with Crippen LogP contribution in [0.3, 0.4) is 0 Å². The van der Waals surface area contributed by atoms with Crippen molar-refractivity contribution in [2.45, 2.75) is 33.8 Å². The van der Waals surface area contributed by atoms with E-state index in [-0.39, 0.29) is 5.78 Å². The molecule has 0 radical (unpaired) electrons. The topological polar surface area (TPSA) is 89.5 Å². The van der Waals surface area contributed by atoms with E-state index in [1.54, 1.807) is 0 Å². The van der Waals surface area contributed by atoms with E-state index >= 15 is 0 Å². The maximum atomic E-state index is 12.5. The zero-order valence-corrected chi connectivity index (χ0v) is 16.8. The van der Waals surface area contributed by atoms with E-state index in [4.69, 9.17) is 4.74 Å². The summed E-state index contributed by atoms with van der Waals surface area (Å²) in [7, 11) is -3.39. The average molecular weight is 389 g/mol. The lowest BCUT2D eigenvalue weighted by Gasteiger charge is -2.15. The van der Waals surface area contributed by atoms with Crippen molar-refractivity contribution >= 4 is 27.5 Å². The van der Waals surface area contributed by atoms with Crippen molar-refractivity contribution in [2.75, 3.05) is 11.0 Å². The molecule has 0 bridgehead atoms. The number of benzene rings is 2. The van der Waals surface area contributed by atoms with Crippen LogP contribution in [0.2, 0.25) is 0 Å². The highest BCUT2D eigenvalue weighted by Crippen LogP contribution is 2.19. The smallest absolute Gasteiger partial charge is 0.339 e. The quantitative estimate of drug-likeness (QED) is 0.604. The largest absolute Gasteiger partial charge is 0.451 e. The SMILES string of the molecule is Cc1cc(C)c(C(=O)OC(C)C(=O)c2ccc(NS(C)(=O)=O)cc2)c(C)c1. The van der Waals surface area contributed by atoms with Crippen LogP contribution in [-0.4, -0.2) is 32.5 Å². The summed E-state index contributed by atoms with van der Waals surface area (Å²) in [5.41, 5.74) is 3.79. The second kappa shape index (κ2) is 7.92. The van der Waals surface area contributed by atoms with Crippen molar-refractivity contribution in [2.24, 2.45) is 0 Å². The van der Waals surface area contributed by atoms with Crippen LogP contribution < -0.4 is 4.72 Å². The van der Waals surface area contributed by atoms with Gasteiger partial charge in [0.15, 0.2) is 6.10 Å². The molecule has 144 valence electrons. The van der Waals surface area contributed by atoms with Gasteiger partial charge in [0.25, 0.3) is 0 Å². The molecule has 27 heavy (non-hydrogen) atoms. The number of carbonyl (C=O) groups excluding carboxylic acids is 2. The van der Waals surface area contributed by atoms with Gasteiger partial charge < -0.3 is 4.74 Å². The van der Waals surface area contributed by atoms with Crippen molar-refractivity contribution in [1.29, 1.82) is 0 Å². The minimum atomic E-state index is -3.39. The van der Waals surface area contributed by atoms with Gasteiger partial charge in [-0.2, -0.15) is 0 Å². The third-order valence-electron chi connectivity index (χ3n) is 4.01. The molecular formula is C20H23NO5S. The summed E-state index contributed by atoms with van der Waals surface area (Å²) < 4.78 is 30.1. The summed E-state index contributed by atoms with van der Waals surface area (Å²) in [4.78, 5) is 25.0. The molecule has 2 rings (SSSR count).